The average molecular weight is 285 g/mol. The summed E-state index contributed by atoms with van der Waals surface area (Å²) in [7, 11) is 3.92. The van der Waals surface area contributed by atoms with Gasteiger partial charge in [0.1, 0.15) is 6.04 Å². The minimum absolute atomic E-state index is 0.00426. The van der Waals surface area contributed by atoms with Crippen LogP contribution in [0.15, 0.2) is 0 Å². The molecule has 1 fully saturated rings. The molecule has 0 aliphatic carbocycles. The Morgan fingerprint density at radius 2 is 2.00 bits per heavy atom. The maximum Gasteiger partial charge on any atom is 0.326 e. The zero-order valence-corrected chi connectivity index (χ0v) is 13.1. The van der Waals surface area contributed by atoms with Crippen LogP contribution in [0.1, 0.15) is 27.2 Å². The Morgan fingerprint density at radius 1 is 1.40 bits per heavy atom. The number of aliphatic carboxylic acids is 1. The van der Waals surface area contributed by atoms with Crippen molar-refractivity contribution in [1.82, 2.24) is 15.1 Å². The van der Waals surface area contributed by atoms with E-state index in [1.54, 1.807) is 0 Å². The Morgan fingerprint density at radius 3 is 2.45 bits per heavy atom. The highest BCUT2D eigenvalue weighted by molar-refractivity contribution is 5.83. The van der Waals surface area contributed by atoms with Gasteiger partial charge in [-0.15, -0.1) is 0 Å². The molecule has 20 heavy (non-hydrogen) atoms. The predicted octanol–water partition coefficient (Wildman–Crippen LogP) is 1.08. The normalized spacial score (nSPS) is 24.2. The van der Waals surface area contributed by atoms with Crippen molar-refractivity contribution in [2.45, 2.75) is 39.3 Å². The molecule has 6 heteroatoms. The van der Waals surface area contributed by atoms with E-state index in [9.17, 15) is 14.7 Å². The molecule has 0 saturated carbocycles. The van der Waals surface area contributed by atoms with Gasteiger partial charge in [0.25, 0.3) is 0 Å². The first-order valence-electron chi connectivity index (χ1n) is 7.18. The number of amides is 2. The van der Waals surface area contributed by atoms with Gasteiger partial charge in [0.2, 0.25) is 0 Å². The quantitative estimate of drug-likeness (QED) is 0.793. The van der Waals surface area contributed by atoms with E-state index in [4.69, 9.17) is 0 Å². The third-order valence-corrected chi connectivity index (χ3v) is 3.89. The largest absolute Gasteiger partial charge is 0.480 e. The van der Waals surface area contributed by atoms with Gasteiger partial charge in [-0.05, 0) is 32.4 Å². The summed E-state index contributed by atoms with van der Waals surface area (Å²) in [6, 6.07) is -0.952. The molecule has 0 bridgehead atoms. The van der Waals surface area contributed by atoms with Gasteiger partial charge in [0.05, 0.1) is 0 Å². The van der Waals surface area contributed by atoms with E-state index in [1.165, 1.54) is 4.90 Å². The molecule has 0 aromatic rings. The summed E-state index contributed by atoms with van der Waals surface area (Å²) < 4.78 is 0. The second-order valence-corrected chi connectivity index (χ2v) is 6.30. The minimum Gasteiger partial charge on any atom is -0.480 e. The number of carbonyl (C=O) groups excluding carboxylic acids is 1. The lowest BCUT2D eigenvalue weighted by Gasteiger charge is -2.30. The Balaban J connectivity index is 2.71. The number of carboxylic acid groups (broad SMARTS) is 1. The molecule has 0 aromatic carbocycles. The van der Waals surface area contributed by atoms with Crippen LogP contribution in [0.2, 0.25) is 0 Å². The molecule has 1 aliphatic rings. The van der Waals surface area contributed by atoms with E-state index in [1.807, 2.05) is 25.9 Å². The second-order valence-electron chi connectivity index (χ2n) is 6.30. The minimum atomic E-state index is -0.918. The van der Waals surface area contributed by atoms with Crippen LogP contribution in [0.4, 0.5) is 4.79 Å². The smallest absolute Gasteiger partial charge is 0.326 e. The Kier molecular flexibility index (Phi) is 5.80. The van der Waals surface area contributed by atoms with Crippen molar-refractivity contribution in [2.75, 3.05) is 27.2 Å². The van der Waals surface area contributed by atoms with Gasteiger partial charge in [-0.2, -0.15) is 0 Å². The van der Waals surface area contributed by atoms with E-state index in [0.717, 1.165) is 13.0 Å². The van der Waals surface area contributed by atoms with Gasteiger partial charge in [-0.25, -0.2) is 9.59 Å². The fourth-order valence-corrected chi connectivity index (χ4v) is 2.61. The molecule has 0 spiro atoms. The molecule has 0 radical (unpaired) electrons. The van der Waals surface area contributed by atoms with Crippen molar-refractivity contribution in [1.29, 1.82) is 0 Å². The number of nitrogens with zero attached hydrogens (tertiary/aromatic N) is 2. The Hall–Kier alpha value is -1.30. The van der Waals surface area contributed by atoms with Gasteiger partial charge >= 0.3 is 12.0 Å². The van der Waals surface area contributed by atoms with Crippen molar-refractivity contribution in [3.63, 3.8) is 0 Å². The summed E-state index contributed by atoms with van der Waals surface area (Å²) >= 11 is 0. The lowest BCUT2D eigenvalue weighted by atomic mass is 10.0. The molecule has 1 saturated heterocycles. The maximum absolute atomic E-state index is 12.3. The van der Waals surface area contributed by atoms with Crippen LogP contribution < -0.4 is 5.32 Å². The third kappa shape index (κ3) is 4.10. The fourth-order valence-electron chi connectivity index (χ4n) is 2.61. The third-order valence-electron chi connectivity index (χ3n) is 3.89. The molecule has 3 atom stereocenters. The van der Waals surface area contributed by atoms with E-state index in [0.29, 0.717) is 12.5 Å². The van der Waals surface area contributed by atoms with Gasteiger partial charge in [-0.3, -0.25) is 0 Å². The van der Waals surface area contributed by atoms with Gasteiger partial charge in [-0.1, -0.05) is 20.8 Å². The summed E-state index contributed by atoms with van der Waals surface area (Å²) in [6.07, 6.45) is 0.740. The molecular formula is C14H27N3O3. The van der Waals surface area contributed by atoms with Crippen LogP contribution in [0.3, 0.4) is 0 Å². The summed E-state index contributed by atoms with van der Waals surface area (Å²) in [6.45, 7) is 7.23. The van der Waals surface area contributed by atoms with Crippen molar-refractivity contribution in [3.05, 3.63) is 0 Å². The highest BCUT2D eigenvalue weighted by Gasteiger charge is 2.40. The summed E-state index contributed by atoms with van der Waals surface area (Å²) in [5, 5.41) is 12.2. The number of urea groups is 1. The highest BCUT2D eigenvalue weighted by atomic mass is 16.4. The Labute approximate surface area is 121 Å². The number of hydrogen-bond acceptors (Lipinski definition) is 3. The van der Waals surface area contributed by atoms with Crippen molar-refractivity contribution >= 4 is 12.0 Å². The first-order valence-corrected chi connectivity index (χ1v) is 7.18. The molecular weight excluding hydrogens is 258 g/mol. The number of hydrogen-bond donors (Lipinski definition) is 2. The lowest BCUT2D eigenvalue weighted by Crippen LogP contribution is -2.53. The number of likely N-dealkylation sites (N-methyl/N-ethyl adjacent to an activating group) is 1. The molecule has 6 nitrogen and oxygen atoms in total. The summed E-state index contributed by atoms with van der Waals surface area (Å²) in [5.41, 5.74) is 0. The first-order chi connectivity index (χ1) is 9.23. The molecule has 1 aliphatic heterocycles. The first kappa shape index (κ1) is 16.8. The average Bonchev–Trinajstić information content (AvgIpc) is 2.69. The van der Waals surface area contributed by atoms with Crippen molar-refractivity contribution in [2.24, 2.45) is 11.8 Å². The highest BCUT2D eigenvalue weighted by Crippen LogP contribution is 2.24. The van der Waals surface area contributed by atoms with Gasteiger partial charge in [0, 0.05) is 19.1 Å². The van der Waals surface area contributed by atoms with Crippen LogP contribution in [-0.2, 0) is 4.79 Å². The van der Waals surface area contributed by atoms with E-state index < -0.39 is 12.0 Å². The van der Waals surface area contributed by atoms with Gasteiger partial charge in [0.15, 0.2) is 0 Å². The molecule has 2 amide bonds. The zero-order valence-electron chi connectivity index (χ0n) is 13.1. The predicted molar refractivity (Wildman–Crippen MR) is 77.6 cm³/mol. The van der Waals surface area contributed by atoms with Crippen LogP contribution in [-0.4, -0.2) is 66.2 Å². The Bertz CT molecular complexity index is 358. The monoisotopic (exact) mass is 285 g/mol. The number of carbonyl (C=O) groups is 2. The van der Waals surface area contributed by atoms with Gasteiger partial charge < -0.3 is 20.2 Å². The van der Waals surface area contributed by atoms with Crippen molar-refractivity contribution in [3.8, 4) is 0 Å². The number of likely N-dealkylation sites (tertiary alicyclic amines) is 1. The molecule has 2 N–H and O–H groups in total. The fraction of sp³-hybridized carbons (Fsp3) is 0.857. The molecule has 1 heterocycles. The molecule has 0 aromatic heterocycles. The zero-order chi connectivity index (χ0) is 15.4. The maximum atomic E-state index is 12.3. The van der Waals surface area contributed by atoms with Crippen LogP contribution in [0.5, 0.6) is 0 Å². The second kappa shape index (κ2) is 6.92. The van der Waals surface area contributed by atoms with Crippen LogP contribution >= 0.6 is 0 Å². The molecule has 1 rings (SSSR count). The number of nitrogens with one attached hydrogen (secondary N) is 1. The van der Waals surface area contributed by atoms with E-state index >= 15 is 0 Å². The molecule has 3 unspecified atom stereocenters. The summed E-state index contributed by atoms with van der Waals surface area (Å²) in [5.74, 6) is -0.617. The van der Waals surface area contributed by atoms with Crippen LogP contribution in [0, 0.1) is 11.8 Å². The lowest BCUT2D eigenvalue weighted by molar-refractivity contribution is -0.142. The topological polar surface area (TPSA) is 72.9 Å². The van der Waals surface area contributed by atoms with Crippen molar-refractivity contribution < 1.29 is 14.7 Å². The van der Waals surface area contributed by atoms with E-state index in [-0.39, 0.29) is 18.0 Å². The molecule has 116 valence electrons. The number of rotatable bonds is 5. The summed E-state index contributed by atoms with van der Waals surface area (Å²) in [4.78, 5) is 27.1. The van der Waals surface area contributed by atoms with E-state index in [2.05, 4.69) is 19.2 Å². The number of carboxylic acids is 1. The van der Waals surface area contributed by atoms with Crippen LogP contribution in [0.25, 0.3) is 0 Å². The SMILES string of the molecule is CC(C)C(CN(C)C)NC(=O)N1CCC(C)C1C(=O)O. The standard InChI is InChI=1S/C14H27N3O3/c1-9(2)11(8-16(4)5)15-14(20)17-7-6-10(3)12(17)13(18)19/h9-12H,6-8H2,1-5H3,(H,15,20)(H,18,19).